The van der Waals surface area contributed by atoms with Crippen LogP contribution in [0.2, 0.25) is 0 Å². The van der Waals surface area contributed by atoms with E-state index in [0.717, 1.165) is 29.7 Å². The molecule has 1 aromatic carbocycles. The molecule has 2 aromatic rings. The molecule has 80 valence electrons. The maximum atomic E-state index is 5.48. The Bertz CT molecular complexity index is 469. The molecular formula is C13H16O2. The smallest absolute Gasteiger partial charge is 0.137 e. The predicted octanol–water partition coefficient (Wildman–Crippen LogP) is 3.70. The average Bonchev–Trinajstić information content (AvgIpc) is 2.71. The van der Waals surface area contributed by atoms with Gasteiger partial charge in [-0.3, -0.25) is 0 Å². The van der Waals surface area contributed by atoms with Crippen LogP contribution in [0.5, 0.6) is 5.75 Å². The topological polar surface area (TPSA) is 22.4 Å². The molecule has 0 bridgehead atoms. The number of methoxy groups -OCH3 is 1. The van der Waals surface area contributed by atoms with E-state index >= 15 is 0 Å². The molecule has 0 saturated carbocycles. The molecule has 0 fully saturated rings. The third kappa shape index (κ3) is 1.60. The largest absolute Gasteiger partial charge is 0.496 e. The first-order chi connectivity index (χ1) is 7.27. The molecule has 0 aliphatic rings. The van der Waals surface area contributed by atoms with E-state index in [-0.39, 0.29) is 0 Å². The van der Waals surface area contributed by atoms with E-state index in [0.29, 0.717) is 0 Å². The van der Waals surface area contributed by atoms with Crippen LogP contribution < -0.4 is 4.74 Å². The van der Waals surface area contributed by atoms with Crippen LogP contribution in [0.25, 0.3) is 11.0 Å². The molecule has 2 rings (SSSR count). The van der Waals surface area contributed by atoms with E-state index in [1.165, 1.54) is 10.9 Å². The highest BCUT2D eigenvalue weighted by molar-refractivity contribution is 5.86. The standard InChI is InChI=1S/C13H16O2/c1-4-5-10-11-6-7-15-13(11)9(2)8-12(10)14-3/h6-8H,4-5H2,1-3H3. The SMILES string of the molecule is CCCc1c(OC)cc(C)c2occc12. The summed E-state index contributed by atoms with van der Waals surface area (Å²) in [5.74, 6) is 0.975. The first-order valence-electron chi connectivity index (χ1n) is 5.31. The number of rotatable bonds is 3. The normalized spacial score (nSPS) is 10.9. The van der Waals surface area contributed by atoms with Gasteiger partial charge in [-0.2, -0.15) is 0 Å². The van der Waals surface area contributed by atoms with Crippen molar-refractivity contribution in [1.82, 2.24) is 0 Å². The summed E-state index contributed by atoms with van der Waals surface area (Å²) in [5, 5.41) is 1.19. The molecule has 0 aliphatic heterocycles. The predicted molar refractivity (Wildman–Crippen MR) is 61.5 cm³/mol. The minimum absolute atomic E-state index is 0.975. The van der Waals surface area contributed by atoms with Crippen molar-refractivity contribution < 1.29 is 9.15 Å². The van der Waals surface area contributed by atoms with Gasteiger partial charge in [0.25, 0.3) is 0 Å². The van der Waals surface area contributed by atoms with E-state index < -0.39 is 0 Å². The summed E-state index contributed by atoms with van der Waals surface area (Å²) in [6.45, 7) is 4.22. The summed E-state index contributed by atoms with van der Waals surface area (Å²) in [4.78, 5) is 0. The lowest BCUT2D eigenvalue weighted by molar-refractivity contribution is 0.410. The molecule has 2 heteroatoms. The molecule has 0 saturated heterocycles. The van der Waals surface area contributed by atoms with Gasteiger partial charge in [0, 0.05) is 10.9 Å². The van der Waals surface area contributed by atoms with Crippen LogP contribution in [0.1, 0.15) is 24.5 Å². The fourth-order valence-corrected chi connectivity index (χ4v) is 2.02. The summed E-state index contributed by atoms with van der Waals surface area (Å²) in [7, 11) is 1.72. The van der Waals surface area contributed by atoms with Crippen LogP contribution in [0, 0.1) is 6.92 Å². The minimum Gasteiger partial charge on any atom is -0.496 e. The number of fused-ring (bicyclic) bond motifs is 1. The monoisotopic (exact) mass is 204 g/mol. The zero-order valence-electron chi connectivity index (χ0n) is 9.46. The quantitative estimate of drug-likeness (QED) is 0.760. The number of aryl methyl sites for hydroxylation is 2. The van der Waals surface area contributed by atoms with Gasteiger partial charge in [0.2, 0.25) is 0 Å². The molecule has 0 aliphatic carbocycles. The van der Waals surface area contributed by atoms with Gasteiger partial charge < -0.3 is 9.15 Å². The summed E-state index contributed by atoms with van der Waals surface area (Å²) in [6.07, 6.45) is 3.88. The lowest BCUT2D eigenvalue weighted by atomic mass is 10.0. The highest BCUT2D eigenvalue weighted by Crippen LogP contribution is 2.32. The van der Waals surface area contributed by atoms with E-state index in [9.17, 15) is 0 Å². The van der Waals surface area contributed by atoms with Gasteiger partial charge in [-0.05, 0) is 31.0 Å². The molecule has 1 heterocycles. The Hall–Kier alpha value is -1.44. The van der Waals surface area contributed by atoms with Crippen molar-refractivity contribution in [2.24, 2.45) is 0 Å². The third-order valence-electron chi connectivity index (χ3n) is 2.71. The second-order valence-corrected chi connectivity index (χ2v) is 3.79. The van der Waals surface area contributed by atoms with Gasteiger partial charge in [0.1, 0.15) is 11.3 Å². The zero-order valence-corrected chi connectivity index (χ0v) is 9.46. The molecule has 2 nitrogen and oxygen atoms in total. The Balaban J connectivity index is 2.71. The van der Waals surface area contributed by atoms with Crippen LogP contribution in [-0.2, 0) is 6.42 Å². The van der Waals surface area contributed by atoms with Crippen LogP contribution in [0.15, 0.2) is 22.8 Å². The fraction of sp³-hybridized carbons (Fsp3) is 0.385. The van der Waals surface area contributed by atoms with Crippen LogP contribution in [0.3, 0.4) is 0 Å². The van der Waals surface area contributed by atoms with Crippen molar-refractivity contribution in [2.45, 2.75) is 26.7 Å². The minimum atomic E-state index is 0.975. The molecule has 0 N–H and O–H groups in total. The molecule has 0 spiro atoms. The maximum absolute atomic E-state index is 5.48. The Morgan fingerprint density at radius 3 is 2.87 bits per heavy atom. The lowest BCUT2D eigenvalue weighted by Gasteiger charge is -2.10. The third-order valence-corrected chi connectivity index (χ3v) is 2.71. The number of hydrogen-bond donors (Lipinski definition) is 0. The van der Waals surface area contributed by atoms with Crippen LogP contribution >= 0.6 is 0 Å². The van der Waals surface area contributed by atoms with E-state index in [4.69, 9.17) is 9.15 Å². The second-order valence-electron chi connectivity index (χ2n) is 3.79. The van der Waals surface area contributed by atoms with Gasteiger partial charge in [0.15, 0.2) is 0 Å². The van der Waals surface area contributed by atoms with E-state index in [1.54, 1.807) is 13.4 Å². The molecule has 15 heavy (non-hydrogen) atoms. The van der Waals surface area contributed by atoms with Gasteiger partial charge in [-0.1, -0.05) is 13.3 Å². The highest BCUT2D eigenvalue weighted by atomic mass is 16.5. The number of ether oxygens (including phenoxy) is 1. The van der Waals surface area contributed by atoms with E-state index in [1.807, 2.05) is 13.0 Å². The summed E-state index contributed by atoms with van der Waals surface area (Å²) < 4.78 is 10.9. The molecule has 1 aromatic heterocycles. The summed E-state index contributed by atoms with van der Waals surface area (Å²) in [5.41, 5.74) is 3.38. The van der Waals surface area contributed by atoms with Crippen molar-refractivity contribution in [3.8, 4) is 5.75 Å². The number of benzene rings is 1. The zero-order chi connectivity index (χ0) is 10.8. The fourth-order valence-electron chi connectivity index (χ4n) is 2.02. The van der Waals surface area contributed by atoms with Crippen LogP contribution in [-0.4, -0.2) is 7.11 Å². The maximum Gasteiger partial charge on any atom is 0.137 e. The van der Waals surface area contributed by atoms with Gasteiger partial charge in [-0.15, -0.1) is 0 Å². The Morgan fingerprint density at radius 1 is 1.40 bits per heavy atom. The molecular weight excluding hydrogens is 188 g/mol. The summed E-state index contributed by atoms with van der Waals surface area (Å²) in [6, 6.07) is 4.08. The molecule has 0 radical (unpaired) electrons. The number of hydrogen-bond acceptors (Lipinski definition) is 2. The van der Waals surface area contributed by atoms with Gasteiger partial charge in [0.05, 0.1) is 13.4 Å². The van der Waals surface area contributed by atoms with Gasteiger partial charge >= 0.3 is 0 Å². The Morgan fingerprint density at radius 2 is 2.20 bits per heavy atom. The van der Waals surface area contributed by atoms with Crippen molar-refractivity contribution in [1.29, 1.82) is 0 Å². The lowest BCUT2D eigenvalue weighted by Crippen LogP contribution is -1.93. The highest BCUT2D eigenvalue weighted by Gasteiger charge is 2.12. The van der Waals surface area contributed by atoms with Gasteiger partial charge in [-0.25, -0.2) is 0 Å². The van der Waals surface area contributed by atoms with Crippen LogP contribution in [0.4, 0.5) is 0 Å². The second kappa shape index (κ2) is 3.97. The first kappa shape index (κ1) is 10.1. The van der Waals surface area contributed by atoms with E-state index in [2.05, 4.69) is 13.0 Å². The summed E-state index contributed by atoms with van der Waals surface area (Å²) >= 11 is 0. The first-order valence-corrected chi connectivity index (χ1v) is 5.31. The Kier molecular flexibility index (Phi) is 2.67. The average molecular weight is 204 g/mol. The Labute approximate surface area is 89.8 Å². The molecule has 0 unspecified atom stereocenters. The van der Waals surface area contributed by atoms with Crippen molar-refractivity contribution in [2.75, 3.05) is 7.11 Å². The van der Waals surface area contributed by atoms with Crippen molar-refractivity contribution in [3.05, 3.63) is 29.5 Å². The van der Waals surface area contributed by atoms with Crippen molar-refractivity contribution in [3.63, 3.8) is 0 Å². The molecule has 0 amide bonds. The molecule has 0 atom stereocenters. The van der Waals surface area contributed by atoms with Crippen molar-refractivity contribution >= 4 is 11.0 Å². The number of furan rings is 1.